The molecule has 102 valence electrons. The van der Waals surface area contributed by atoms with Crippen LogP contribution in [0.4, 0.5) is 13.2 Å². The molecule has 2 nitrogen and oxygen atoms in total. The van der Waals surface area contributed by atoms with Crippen molar-refractivity contribution in [2.24, 2.45) is 0 Å². The number of benzene rings is 1. The highest BCUT2D eigenvalue weighted by atomic mass is 19.4. The molecule has 0 atom stereocenters. The maximum Gasteiger partial charge on any atom is 0.422 e. The van der Waals surface area contributed by atoms with E-state index in [1.807, 2.05) is 13.0 Å². The van der Waals surface area contributed by atoms with Gasteiger partial charge in [-0.2, -0.15) is 13.2 Å². The summed E-state index contributed by atoms with van der Waals surface area (Å²) >= 11 is 0. The van der Waals surface area contributed by atoms with Gasteiger partial charge in [-0.05, 0) is 25.5 Å². The number of para-hydroxylation sites is 1. The summed E-state index contributed by atoms with van der Waals surface area (Å²) < 4.78 is 41.4. The van der Waals surface area contributed by atoms with Crippen molar-refractivity contribution in [2.45, 2.75) is 33.0 Å². The fourth-order valence-electron chi connectivity index (χ4n) is 1.61. The maximum atomic E-state index is 12.2. The molecule has 5 heteroatoms. The molecule has 0 radical (unpaired) electrons. The van der Waals surface area contributed by atoms with E-state index in [1.165, 1.54) is 0 Å². The summed E-state index contributed by atoms with van der Waals surface area (Å²) in [6, 6.07) is 5.34. The Morgan fingerprint density at radius 3 is 2.61 bits per heavy atom. The molecule has 0 unspecified atom stereocenters. The van der Waals surface area contributed by atoms with Crippen molar-refractivity contribution in [3.05, 3.63) is 29.3 Å². The van der Waals surface area contributed by atoms with Gasteiger partial charge < -0.3 is 10.1 Å². The van der Waals surface area contributed by atoms with Gasteiger partial charge >= 0.3 is 6.18 Å². The highest BCUT2D eigenvalue weighted by Gasteiger charge is 2.29. The van der Waals surface area contributed by atoms with Gasteiger partial charge in [0.25, 0.3) is 0 Å². The molecule has 0 saturated carbocycles. The van der Waals surface area contributed by atoms with Crippen LogP contribution in [0.2, 0.25) is 0 Å². The van der Waals surface area contributed by atoms with Crippen LogP contribution in [0.5, 0.6) is 5.75 Å². The third kappa shape index (κ3) is 4.96. The fraction of sp³-hybridized carbons (Fsp3) is 0.538. The van der Waals surface area contributed by atoms with Crippen LogP contribution in [-0.2, 0) is 6.54 Å². The Bertz CT molecular complexity index is 377. The Balaban J connectivity index is 2.74. The van der Waals surface area contributed by atoms with E-state index in [1.54, 1.807) is 19.1 Å². The first-order valence-electron chi connectivity index (χ1n) is 5.93. The van der Waals surface area contributed by atoms with E-state index in [0.717, 1.165) is 24.1 Å². The lowest BCUT2D eigenvalue weighted by Gasteiger charge is -2.15. The summed E-state index contributed by atoms with van der Waals surface area (Å²) in [5, 5.41) is 3.15. The second-order valence-electron chi connectivity index (χ2n) is 4.14. The number of ether oxygens (including phenoxy) is 1. The van der Waals surface area contributed by atoms with Crippen LogP contribution in [-0.4, -0.2) is 19.3 Å². The van der Waals surface area contributed by atoms with Crippen LogP contribution in [0, 0.1) is 6.92 Å². The van der Waals surface area contributed by atoms with E-state index in [-0.39, 0.29) is 0 Å². The zero-order valence-corrected chi connectivity index (χ0v) is 10.6. The average molecular weight is 261 g/mol. The molecule has 0 aromatic heterocycles. The number of hydrogen-bond acceptors (Lipinski definition) is 2. The molecule has 0 spiro atoms. The van der Waals surface area contributed by atoms with Crippen molar-refractivity contribution in [1.82, 2.24) is 5.32 Å². The zero-order valence-electron chi connectivity index (χ0n) is 10.6. The molecule has 0 fully saturated rings. The first kappa shape index (κ1) is 14.8. The van der Waals surface area contributed by atoms with Crippen molar-refractivity contribution >= 4 is 0 Å². The molecule has 0 heterocycles. The van der Waals surface area contributed by atoms with E-state index in [0.29, 0.717) is 12.3 Å². The van der Waals surface area contributed by atoms with Gasteiger partial charge in [-0.15, -0.1) is 0 Å². The van der Waals surface area contributed by atoms with Gasteiger partial charge in [-0.1, -0.05) is 25.1 Å². The molecule has 1 rings (SSSR count). The maximum absolute atomic E-state index is 12.2. The molecule has 1 aromatic carbocycles. The monoisotopic (exact) mass is 261 g/mol. The predicted octanol–water partition coefficient (Wildman–Crippen LogP) is 3.44. The van der Waals surface area contributed by atoms with Crippen LogP contribution in [0.25, 0.3) is 0 Å². The first-order chi connectivity index (χ1) is 8.44. The average Bonchev–Trinajstić information content (AvgIpc) is 2.27. The molecule has 0 bridgehead atoms. The molecule has 1 aromatic rings. The van der Waals surface area contributed by atoms with Crippen LogP contribution in [0.3, 0.4) is 0 Å². The first-order valence-corrected chi connectivity index (χ1v) is 5.93. The van der Waals surface area contributed by atoms with Crippen LogP contribution >= 0.6 is 0 Å². The number of nitrogens with one attached hydrogen (secondary N) is 1. The lowest BCUT2D eigenvalue weighted by atomic mass is 10.1. The number of hydrogen-bond donors (Lipinski definition) is 1. The summed E-state index contributed by atoms with van der Waals surface area (Å²) in [6.45, 7) is 3.87. The van der Waals surface area contributed by atoms with E-state index < -0.39 is 12.8 Å². The van der Waals surface area contributed by atoms with E-state index in [2.05, 4.69) is 5.32 Å². The Kier molecular flexibility index (Phi) is 5.47. The molecular formula is C13H18F3NO. The SMILES string of the molecule is CCCNCc1cccc(C)c1OCC(F)(F)F. The Morgan fingerprint density at radius 1 is 1.28 bits per heavy atom. The van der Waals surface area contributed by atoms with Crippen molar-refractivity contribution in [3.63, 3.8) is 0 Å². The minimum atomic E-state index is -4.31. The highest BCUT2D eigenvalue weighted by Crippen LogP contribution is 2.26. The van der Waals surface area contributed by atoms with Crippen LogP contribution in [0.1, 0.15) is 24.5 Å². The van der Waals surface area contributed by atoms with E-state index in [9.17, 15) is 13.2 Å². The topological polar surface area (TPSA) is 21.3 Å². The Labute approximate surface area is 105 Å². The number of alkyl halides is 3. The van der Waals surface area contributed by atoms with Gasteiger partial charge in [0, 0.05) is 12.1 Å². The quantitative estimate of drug-likeness (QED) is 0.792. The molecule has 0 aliphatic rings. The molecule has 0 saturated heterocycles. The van der Waals surface area contributed by atoms with Crippen molar-refractivity contribution < 1.29 is 17.9 Å². The summed E-state index contributed by atoms with van der Waals surface area (Å²) in [6.07, 6.45) is -3.33. The largest absolute Gasteiger partial charge is 0.484 e. The smallest absolute Gasteiger partial charge is 0.422 e. The van der Waals surface area contributed by atoms with Gasteiger partial charge in [0.2, 0.25) is 0 Å². The summed E-state index contributed by atoms with van der Waals surface area (Å²) in [5.41, 5.74) is 1.47. The van der Waals surface area contributed by atoms with Gasteiger partial charge in [0.1, 0.15) is 5.75 Å². The molecule has 0 amide bonds. The van der Waals surface area contributed by atoms with E-state index in [4.69, 9.17) is 4.74 Å². The molecule has 0 aliphatic carbocycles. The number of aryl methyl sites for hydroxylation is 1. The lowest BCUT2D eigenvalue weighted by Crippen LogP contribution is -2.21. The van der Waals surface area contributed by atoms with Gasteiger partial charge in [0.15, 0.2) is 6.61 Å². The number of rotatable bonds is 6. The standard InChI is InChI=1S/C13H18F3NO/c1-3-7-17-8-11-6-4-5-10(2)12(11)18-9-13(14,15)16/h4-6,17H,3,7-9H2,1-2H3. The third-order valence-electron chi connectivity index (χ3n) is 2.42. The summed E-state index contributed by atoms with van der Waals surface area (Å²) in [5.74, 6) is 0.332. The van der Waals surface area contributed by atoms with E-state index >= 15 is 0 Å². The normalized spacial score (nSPS) is 11.6. The summed E-state index contributed by atoms with van der Waals surface area (Å²) in [4.78, 5) is 0. The minimum Gasteiger partial charge on any atom is -0.484 e. The zero-order chi connectivity index (χ0) is 13.6. The molecule has 1 N–H and O–H groups in total. The van der Waals surface area contributed by atoms with Crippen molar-refractivity contribution in [3.8, 4) is 5.75 Å². The lowest BCUT2D eigenvalue weighted by molar-refractivity contribution is -0.153. The Hall–Kier alpha value is -1.23. The van der Waals surface area contributed by atoms with Gasteiger partial charge in [-0.25, -0.2) is 0 Å². The fourth-order valence-corrected chi connectivity index (χ4v) is 1.61. The predicted molar refractivity (Wildman–Crippen MR) is 64.7 cm³/mol. The van der Waals surface area contributed by atoms with Crippen LogP contribution < -0.4 is 10.1 Å². The number of halogens is 3. The molecule has 0 aliphatic heterocycles. The highest BCUT2D eigenvalue weighted by molar-refractivity contribution is 5.40. The summed E-state index contributed by atoms with van der Waals surface area (Å²) in [7, 11) is 0. The molecule has 18 heavy (non-hydrogen) atoms. The minimum absolute atomic E-state index is 0.332. The van der Waals surface area contributed by atoms with Crippen LogP contribution in [0.15, 0.2) is 18.2 Å². The van der Waals surface area contributed by atoms with Crippen molar-refractivity contribution in [1.29, 1.82) is 0 Å². The Morgan fingerprint density at radius 2 is 2.00 bits per heavy atom. The third-order valence-corrected chi connectivity index (χ3v) is 2.42. The second kappa shape index (κ2) is 6.64. The second-order valence-corrected chi connectivity index (χ2v) is 4.14. The molecular weight excluding hydrogens is 243 g/mol. The van der Waals surface area contributed by atoms with Gasteiger partial charge in [-0.3, -0.25) is 0 Å². The van der Waals surface area contributed by atoms with Gasteiger partial charge in [0.05, 0.1) is 0 Å². The van der Waals surface area contributed by atoms with Crippen molar-refractivity contribution in [2.75, 3.05) is 13.2 Å².